The van der Waals surface area contributed by atoms with Crippen LogP contribution in [0.15, 0.2) is 6.33 Å². The molecule has 0 saturated carbocycles. The molecule has 3 heteroatoms. The van der Waals surface area contributed by atoms with Crippen molar-refractivity contribution in [2.24, 2.45) is 0 Å². The van der Waals surface area contributed by atoms with Gasteiger partial charge in [-0.3, -0.25) is 0 Å². The molecule has 0 atom stereocenters. The molecule has 12 heavy (non-hydrogen) atoms. The average molecular weight is 165 g/mol. The van der Waals surface area contributed by atoms with E-state index in [2.05, 4.69) is 28.7 Å². The van der Waals surface area contributed by atoms with Gasteiger partial charge in [-0.05, 0) is 13.8 Å². The fourth-order valence-electron chi connectivity index (χ4n) is 1.70. The molecule has 0 saturated heterocycles. The van der Waals surface area contributed by atoms with Gasteiger partial charge in [-0.15, -0.1) is 0 Å². The molecule has 0 aromatic carbocycles. The third kappa shape index (κ3) is 1.14. The van der Waals surface area contributed by atoms with E-state index in [1.165, 1.54) is 11.4 Å². The van der Waals surface area contributed by atoms with Gasteiger partial charge in [0.2, 0.25) is 0 Å². The summed E-state index contributed by atoms with van der Waals surface area (Å²) in [6, 6.07) is 0.541. The second kappa shape index (κ2) is 2.90. The van der Waals surface area contributed by atoms with E-state index in [-0.39, 0.29) is 0 Å². The monoisotopic (exact) mass is 165 g/mol. The van der Waals surface area contributed by atoms with Gasteiger partial charge in [0, 0.05) is 31.2 Å². The fraction of sp³-hybridized carbons (Fsp3) is 0.667. The first kappa shape index (κ1) is 7.80. The summed E-state index contributed by atoms with van der Waals surface area (Å²) in [6.45, 7) is 6.43. The number of fused-ring (bicyclic) bond motifs is 1. The van der Waals surface area contributed by atoms with E-state index in [1.807, 2.05) is 6.33 Å². The zero-order valence-electron chi connectivity index (χ0n) is 7.67. The van der Waals surface area contributed by atoms with Crippen LogP contribution in [0.5, 0.6) is 0 Å². The zero-order valence-corrected chi connectivity index (χ0v) is 7.67. The molecule has 0 bridgehead atoms. The van der Waals surface area contributed by atoms with E-state index in [0.717, 1.165) is 19.5 Å². The molecule has 66 valence electrons. The summed E-state index contributed by atoms with van der Waals surface area (Å²) >= 11 is 0. The van der Waals surface area contributed by atoms with Gasteiger partial charge in [0.1, 0.15) is 0 Å². The summed E-state index contributed by atoms with van der Waals surface area (Å²) in [4.78, 5) is 4.38. The van der Waals surface area contributed by atoms with Crippen molar-refractivity contribution >= 4 is 0 Å². The normalized spacial score (nSPS) is 16.6. The Bertz CT molecular complexity index is 275. The summed E-state index contributed by atoms with van der Waals surface area (Å²) in [6.07, 6.45) is 3.08. The third-order valence-corrected chi connectivity index (χ3v) is 2.37. The molecule has 0 amide bonds. The summed E-state index contributed by atoms with van der Waals surface area (Å²) in [5.74, 6) is 0. The van der Waals surface area contributed by atoms with E-state index < -0.39 is 0 Å². The lowest BCUT2D eigenvalue weighted by atomic mass is 10.1. The van der Waals surface area contributed by atoms with Crippen LogP contribution in [0.2, 0.25) is 0 Å². The topological polar surface area (TPSA) is 29.9 Å². The van der Waals surface area contributed by atoms with Crippen LogP contribution in [0.3, 0.4) is 0 Å². The van der Waals surface area contributed by atoms with Crippen LogP contribution in [0.1, 0.15) is 31.3 Å². The minimum absolute atomic E-state index is 0.541. The molecule has 2 rings (SSSR count). The largest absolute Gasteiger partial charge is 0.332 e. The number of nitrogens with zero attached hydrogens (tertiary/aromatic N) is 2. The van der Waals surface area contributed by atoms with Crippen LogP contribution in [-0.2, 0) is 13.0 Å². The van der Waals surface area contributed by atoms with Crippen molar-refractivity contribution in [1.29, 1.82) is 0 Å². The van der Waals surface area contributed by atoms with Gasteiger partial charge in [-0.1, -0.05) is 0 Å². The maximum atomic E-state index is 4.38. The minimum Gasteiger partial charge on any atom is -0.332 e. The highest BCUT2D eigenvalue weighted by Gasteiger charge is 2.15. The van der Waals surface area contributed by atoms with Gasteiger partial charge < -0.3 is 9.88 Å². The standard InChI is InChI=1S/C9H15N3/c1-7(2)12-6-11-8-5-10-4-3-9(8)12/h6-7,10H,3-5H2,1-2H3. The second-order valence-corrected chi connectivity index (χ2v) is 3.57. The van der Waals surface area contributed by atoms with Crippen LogP contribution in [0.25, 0.3) is 0 Å². The lowest BCUT2D eigenvalue weighted by Crippen LogP contribution is -2.25. The number of aromatic nitrogens is 2. The SMILES string of the molecule is CC(C)n1cnc2c1CCNC2. The Morgan fingerprint density at radius 3 is 3.17 bits per heavy atom. The zero-order chi connectivity index (χ0) is 8.55. The predicted molar refractivity (Wildman–Crippen MR) is 48.0 cm³/mol. The molecule has 2 heterocycles. The number of hydrogen-bond donors (Lipinski definition) is 1. The summed E-state index contributed by atoms with van der Waals surface area (Å²) in [5, 5.41) is 3.32. The molecular weight excluding hydrogens is 150 g/mol. The maximum absolute atomic E-state index is 4.38. The van der Waals surface area contributed by atoms with Crippen LogP contribution in [-0.4, -0.2) is 16.1 Å². The Hall–Kier alpha value is -0.830. The van der Waals surface area contributed by atoms with E-state index >= 15 is 0 Å². The predicted octanol–water partition coefficient (Wildman–Crippen LogP) is 1.11. The highest BCUT2D eigenvalue weighted by Crippen LogP contribution is 2.16. The Kier molecular flexibility index (Phi) is 1.89. The Labute approximate surface area is 72.8 Å². The molecule has 1 aromatic rings. The van der Waals surface area contributed by atoms with Crippen molar-refractivity contribution < 1.29 is 0 Å². The molecule has 1 aromatic heterocycles. The molecule has 1 N–H and O–H groups in total. The van der Waals surface area contributed by atoms with E-state index in [0.29, 0.717) is 6.04 Å². The smallest absolute Gasteiger partial charge is 0.0954 e. The first-order valence-corrected chi connectivity index (χ1v) is 4.54. The average Bonchev–Trinajstić information content (AvgIpc) is 2.47. The molecule has 1 aliphatic heterocycles. The van der Waals surface area contributed by atoms with Gasteiger partial charge >= 0.3 is 0 Å². The van der Waals surface area contributed by atoms with E-state index in [9.17, 15) is 0 Å². The van der Waals surface area contributed by atoms with E-state index in [4.69, 9.17) is 0 Å². The van der Waals surface area contributed by atoms with Gasteiger partial charge in [-0.2, -0.15) is 0 Å². The number of nitrogens with one attached hydrogen (secondary N) is 1. The molecule has 1 aliphatic rings. The molecule has 0 fully saturated rings. The van der Waals surface area contributed by atoms with E-state index in [1.54, 1.807) is 0 Å². The quantitative estimate of drug-likeness (QED) is 0.675. The number of hydrogen-bond acceptors (Lipinski definition) is 2. The molecule has 0 radical (unpaired) electrons. The summed E-state index contributed by atoms with van der Waals surface area (Å²) < 4.78 is 2.27. The summed E-state index contributed by atoms with van der Waals surface area (Å²) in [5.41, 5.74) is 2.65. The number of rotatable bonds is 1. The van der Waals surface area contributed by atoms with Crippen molar-refractivity contribution in [2.75, 3.05) is 6.54 Å². The van der Waals surface area contributed by atoms with Crippen LogP contribution >= 0.6 is 0 Å². The summed E-state index contributed by atoms with van der Waals surface area (Å²) in [7, 11) is 0. The molecule has 3 nitrogen and oxygen atoms in total. The van der Waals surface area contributed by atoms with Gasteiger partial charge in [-0.25, -0.2) is 4.98 Å². The fourth-order valence-corrected chi connectivity index (χ4v) is 1.70. The minimum atomic E-state index is 0.541. The lowest BCUT2D eigenvalue weighted by Gasteiger charge is -2.17. The van der Waals surface area contributed by atoms with Crippen molar-refractivity contribution in [2.45, 2.75) is 32.9 Å². The Morgan fingerprint density at radius 1 is 1.58 bits per heavy atom. The molecule has 0 unspecified atom stereocenters. The molecular formula is C9H15N3. The van der Waals surface area contributed by atoms with Gasteiger partial charge in [0.25, 0.3) is 0 Å². The van der Waals surface area contributed by atoms with Crippen molar-refractivity contribution in [3.63, 3.8) is 0 Å². The van der Waals surface area contributed by atoms with Gasteiger partial charge in [0.05, 0.1) is 12.0 Å². The Morgan fingerprint density at radius 2 is 2.42 bits per heavy atom. The van der Waals surface area contributed by atoms with Crippen molar-refractivity contribution in [3.05, 3.63) is 17.7 Å². The molecule has 0 spiro atoms. The highest BCUT2D eigenvalue weighted by molar-refractivity contribution is 5.16. The van der Waals surface area contributed by atoms with Crippen LogP contribution in [0.4, 0.5) is 0 Å². The van der Waals surface area contributed by atoms with Crippen LogP contribution < -0.4 is 5.32 Å². The van der Waals surface area contributed by atoms with Gasteiger partial charge in [0.15, 0.2) is 0 Å². The lowest BCUT2D eigenvalue weighted by molar-refractivity contribution is 0.542. The first-order chi connectivity index (χ1) is 5.79. The third-order valence-electron chi connectivity index (χ3n) is 2.37. The van der Waals surface area contributed by atoms with Crippen LogP contribution in [0, 0.1) is 0 Å². The van der Waals surface area contributed by atoms with Crippen molar-refractivity contribution in [1.82, 2.24) is 14.9 Å². The highest BCUT2D eigenvalue weighted by atomic mass is 15.1. The van der Waals surface area contributed by atoms with Crippen molar-refractivity contribution in [3.8, 4) is 0 Å². The number of imidazole rings is 1. The molecule has 0 aliphatic carbocycles. The Balaban J connectivity index is 2.38. The first-order valence-electron chi connectivity index (χ1n) is 4.54. The maximum Gasteiger partial charge on any atom is 0.0954 e. The second-order valence-electron chi connectivity index (χ2n) is 3.57.